The molecule has 1 atom stereocenters. The number of hydrogen-bond donors (Lipinski definition) is 1. The quantitative estimate of drug-likeness (QED) is 0.861. The molecule has 0 aliphatic carbocycles. The Kier molecular flexibility index (Phi) is 3.52. The lowest BCUT2D eigenvalue weighted by atomic mass is 10.2. The van der Waals surface area contributed by atoms with E-state index in [0.717, 1.165) is 23.6 Å². The van der Waals surface area contributed by atoms with Crippen LogP contribution >= 0.6 is 0 Å². The third kappa shape index (κ3) is 2.69. The molecule has 1 unspecified atom stereocenters. The maximum absolute atomic E-state index is 5.79. The van der Waals surface area contributed by atoms with Crippen LogP contribution in [0.1, 0.15) is 18.4 Å². The molecule has 17 heavy (non-hydrogen) atoms. The van der Waals surface area contributed by atoms with Crippen molar-refractivity contribution in [2.24, 2.45) is 0 Å². The van der Waals surface area contributed by atoms with E-state index in [1.54, 1.807) is 6.20 Å². The maximum atomic E-state index is 5.79. The summed E-state index contributed by atoms with van der Waals surface area (Å²) in [6.07, 6.45) is 4.34. The lowest BCUT2D eigenvalue weighted by Crippen LogP contribution is -2.37. The predicted octanol–water partition coefficient (Wildman–Crippen LogP) is 1.50. The van der Waals surface area contributed by atoms with Gasteiger partial charge < -0.3 is 15.5 Å². The molecule has 1 fully saturated rings. The Bertz CT molecular complexity index is 391. The van der Waals surface area contributed by atoms with Crippen molar-refractivity contribution in [2.75, 3.05) is 37.8 Å². The van der Waals surface area contributed by atoms with Crippen LogP contribution in [0.25, 0.3) is 0 Å². The summed E-state index contributed by atoms with van der Waals surface area (Å²) in [7, 11) is 4.30. The largest absolute Gasteiger partial charge is 0.397 e. The van der Waals surface area contributed by atoms with Gasteiger partial charge in [-0.15, -0.1) is 0 Å². The van der Waals surface area contributed by atoms with Gasteiger partial charge in [0.1, 0.15) is 5.82 Å². The Labute approximate surface area is 103 Å². The highest BCUT2D eigenvalue weighted by Crippen LogP contribution is 2.20. The van der Waals surface area contributed by atoms with Crippen molar-refractivity contribution in [1.29, 1.82) is 0 Å². The number of nitrogen functional groups attached to an aromatic ring is 1. The van der Waals surface area contributed by atoms with Crippen molar-refractivity contribution in [1.82, 2.24) is 9.88 Å². The maximum Gasteiger partial charge on any atom is 0.128 e. The standard InChI is InChI=1S/C13H22N4/c1-10-7-13(15-8-12(10)14)17(3)9-11-5-4-6-16(11)2/h7-8,11H,4-6,9,14H2,1-3H3. The molecular weight excluding hydrogens is 212 g/mol. The minimum atomic E-state index is 0.652. The number of pyridine rings is 1. The third-order valence-electron chi connectivity index (χ3n) is 3.68. The Hall–Kier alpha value is -1.29. The molecule has 1 saturated heterocycles. The zero-order valence-corrected chi connectivity index (χ0v) is 11.0. The second-order valence-corrected chi connectivity index (χ2v) is 5.06. The SMILES string of the molecule is Cc1cc(N(C)CC2CCCN2C)ncc1N. The lowest BCUT2D eigenvalue weighted by Gasteiger charge is -2.26. The molecular formula is C13H22N4. The van der Waals surface area contributed by atoms with E-state index in [1.807, 2.05) is 6.92 Å². The summed E-state index contributed by atoms with van der Waals surface area (Å²) in [4.78, 5) is 9.04. The van der Waals surface area contributed by atoms with E-state index < -0.39 is 0 Å². The number of anilines is 2. The van der Waals surface area contributed by atoms with Crippen LogP contribution in [0.4, 0.5) is 11.5 Å². The Balaban J connectivity index is 2.03. The number of nitrogens with zero attached hydrogens (tertiary/aromatic N) is 3. The number of nitrogens with two attached hydrogens (primary N) is 1. The number of hydrogen-bond acceptors (Lipinski definition) is 4. The molecule has 94 valence electrons. The lowest BCUT2D eigenvalue weighted by molar-refractivity contribution is 0.314. The molecule has 1 aliphatic heterocycles. The molecule has 1 aliphatic rings. The second kappa shape index (κ2) is 4.92. The van der Waals surface area contributed by atoms with Crippen molar-refractivity contribution in [3.63, 3.8) is 0 Å². The third-order valence-corrected chi connectivity index (χ3v) is 3.68. The average Bonchev–Trinajstić information content (AvgIpc) is 2.68. The van der Waals surface area contributed by atoms with Gasteiger partial charge in [0.2, 0.25) is 0 Å². The molecule has 2 rings (SSSR count). The molecule has 0 saturated carbocycles. The zero-order valence-electron chi connectivity index (χ0n) is 11.0. The van der Waals surface area contributed by atoms with Crippen LogP contribution in [0.15, 0.2) is 12.3 Å². The topological polar surface area (TPSA) is 45.4 Å². The molecule has 0 spiro atoms. The number of likely N-dealkylation sites (tertiary alicyclic amines) is 1. The molecule has 0 amide bonds. The van der Waals surface area contributed by atoms with Crippen LogP contribution in [0.3, 0.4) is 0 Å². The van der Waals surface area contributed by atoms with Crippen LogP contribution in [0.2, 0.25) is 0 Å². The number of aromatic nitrogens is 1. The van der Waals surface area contributed by atoms with Gasteiger partial charge in [-0.05, 0) is 45.0 Å². The normalized spacial score (nSPS) is 20.8. The van der Waals surface area contributed by atoms with Crippen LogP contribution in [-0.4, -0.2) is 43.1 Å². The van der Waals surface area contributed by atoms with E-state index in [0.29, 0.717) is 6.04 Å². The highest BCUT2D eigenvalue weighted by molar-refractivity contribution is 5.51. The summed E-state index contributed by atoms with van der Waals surface area (Å²) in [5.41, 5.74) is 7.65. The number of rotatable bonds is 3. The predicted molar refractivity (Wildman–Crippen MR) is 72.3 cm³/mol. The smallest absolute Gasteiger partial charge is 0.128 e. The van der Waals surface area contributed by atoms with Gasteiger partial charge in [0.15, 0.2) is 0 Å². The molecule has 0 bridgehead atoms. The fourth-order valence-electron chi connectivity index (χ4n) is 2.38. The first kappa shape index (κ1) is 12.2. The molecule has 2 N–H and O–H groups in total. The number of aryl methyl sites for hydroxylation is 1. The van der Waals surface area contributed by atoms with Gasteiger partial charge in [-0.3, -0.25) is 0 Å². The minimum absolute atomic E-state index is 0.652. The zero-order chi connectivity index (χ0) is 12.4. The molecule has 0 radical (unpaired) electrons. The van der Waals surface area contributed by atoms with Crippen LogP contribution < -0.4 is 10.6 Å². The first-order valence-electron chi connectivity index (χ1n) is 6.21. The van der Waals surface area contributed by atoms with E-state index in [4.69, 9.17) is 5.73 Å². The Morgan fingerprint density at radius 1 is 1.59 bits per heavy atom. The van der Waals surface area contributed by atoms with Gasteiger partial charge in [0, 0.05) is 19.6 Å². The van der Waals surface area contributed by atoms with Crippen molar-refractivity contribution >= 4 is 11.5 Å². The molecule has 2 heterocycles. The minimum Gasteiger partial charge on any atom is -0.397 e. The molecule has 4 nitrogen and oxygen atoms in total. The molecule has 1 aromatic rings. The van der Waals surface area contributed by atoms with Crippen molar-refractivity contribution in [2.45, 2.75) is 25.8 Å². The highest BCUT2D eigenvalue weighted by atomic mass is 15.2. The van der Waals surface area contributed by atoms with E-state index in [2.05, 4.69) is 34.9 Å². The van der Waals surface area contributed by atoms with E-state index in [-0.39, 0.29) is 0 Å². The number of likely N-dealkylation sites (N-methyl/N-ethyl adjacent to an activating group) is 2. The average molecular weight is 234 g/mol. The van der Waals surface area contributed by atoms with Gasteiger partial charge in [0.25, 0.3) is 0 Å². The highest BCUT2D eigenvalue weighted by Gasteiger charge is 2.22. The first-order chi connectivity index (χ1) is 8.08. The van der Waals surface area contributed by atoms with Crippen LogP contribution in [-0.2, 0) is 0 Å². The monoisotopic (exact) mass is 234 g/mol. The summed E-state index contributed by atoms with van der Waals surface area (Å²) >= 11 is 0. The van der Waals surface area contributed by atoms with Gasteiger partial charge in [0.05, 0.1) is 11.9 Å². The summed E-state index contributed by atoms with van der Waals surface area (Å²) in [5, 5.41) is 0. The fraction of sp³-hybridized carbons (Fsp3) is 0.615. The van der Waals surface area contributed by atoms with Crippen molar-refractivity contribution in [3.8, 4) is 0 Å². The molecule has 0 aromatic carbocycles. The van der Waals surface area contributed by atoms with Gasteiger partial charge >= 0.3 is 0 Å². The summed E-state index contributed by atoms with van der Waals surface area (Å²) in [5.74, 6) is 1.01. The summed E-state index contributed by atoms with van der Waals surface area (Å²) in [6, 6.07) is 2.71. The van der Waals surface area contributed by atoms with Gasteiger partial charge in [-0.25, -0.2) is 4.98 Å². The van der Waals surface area contributed by atoms with Crippen LogP contribution in [0, 0.1) is 6.92 Å². The first-order valence-corrected chi connectivity index (χ1v) is 6.21. The Morgan fingerprint density at radius 2 is 2.35 bits per heavy atom. The van der Waals surface area contributed by atoms with Gasteiger partial charge in [-0.2, -0.15) is 0 Å². The Morgan fingerprint density at radius 3 is 2.94 bits per heavy atom. The summed E-state index contributed by atoms with van der Waals surface area (Å²) in [6.45, 7) is 4.27. The van der Waals surface area contributed by atoms with Crippen LogP contribution in [0.5, 0.6) is 0 Å². The fourth-order valence-corrected chi connectivity index (χ4v) is 2.38. The molecule has 4 heteroatoms. The molecule has 1 aromatic heterocycles. The van der Waals surface area contributed by atoms with Crippen molar-refractivity contribution in [3.05, 3.63) is 17.8 Å². The van der Waals surface area contributed by atoms with E-state index in [9.17, 15) is 0 Å². The van der Waals surface area contributed by atoms with Gasteiger partial charge in [-0.1, -0.05) is 0 Å². The second-order valence-electron chi connectivity index (χ2n) is 5.06. The van der Waals surface area contributed by atoms with E-state index in [1.165, 1.54) is 19.4 Å². The van der Waals surface area contributed by atoms with E-state index >= 15 is 0 Å². The summed E-state index contributed by atoms with van der Waals surface area (Å²) < 4.78 is 0. The van der Waals surface area contributed by atoms with Crippen molar-refractivity contribution < 1.29 is 0 Å².